The Morgan fingerprint density at radius 1 is 0.962 bits per heavy atom. The molecule has 26 heavy (non-hydrogen) atoms. The summed E-state index contributed by atoms with van der Waals surface area (Å²) in [6.07, 6.45) is 0.613. The molecule has 2 heterocycles. The smallest absolute Gasteiger partial charge is 0.277 e. The van der Waals surface area contributed by atoms with E-state index in [0.29, 0.717) is 35.0 Å². The maximum absolute atomic E-state index is 5.66. The van der Waals surface area contributed by atoms with E-state index in [-0.39, 0.29) is 0 Å². The molecule has 0 N–H and O–H groups in total. The highest BCUT2D eigenvalue weighted by atomic mass is 79.9. The predicted octanol–water partition coefficient (Wildman–Crippen LogP) is 4.77. The molecule has 8 heteroatoms. The lowest BCUT2D eigenvalue weighted by molar-refractivity contribution is 0.389. The van der Waals surface area contributed by atoms with Crippen molar-refractivity contribution in [3.8, 4) is 11.4 Å². The lowest BCUT2D eigenvalue weighted by Gasteiger charge is -1.95. The summed E-state index contributed by atoms with van der Waals surface area (Å²) in [7, 11) is 0. The van der Waals surface area contributed by atoms with Crippen molar-refractivity contribution in [1.29, 1.82) is 0 Å². The zero-order valence-corrected chi connectivity index (χ0v) is 15.9. The Bertz CT molecular complexity index is 1000. The summed E-state index contributed by atoms with van der Waals surface area (Å²) in [5.74, 6) is 2.11. The van der Waals surface area contributed by atoms with Gasteiger partial charge >= 0.3 is 0 Å². The SMILES string of the molecule is Brc1cccc(-c2noc(CSc3nnc(Cc4ccccc4)o3)n2)c1. The van der Waals surface area contributed by atoms with Gasteiger partial charge in [-0.3, -0.25) is 0 Å². The standard InChI is InChI=1S/C18H13BrN4O2S/c19-14-8-4-7-13(10-14)17-20-16(25-23-17)11-26-18-22-21-15(24-18)9-12-5-2-1-3-6-12/h1-8,10H,9,11H2. The normalized spacial score (nSPS) is 11.0. The fraction of sp³-hybridized carbons (Fsp3) is 0.111. The number of nitrogens with zero attached hydrogens (tertiary/aromatic N) is 4. The summed E-state index contributed by atoms with van der Waals surface area (Å²) < 4.78 is 11.9. The van der Waals surface area contributed by atoms with Crippen molar-refractivity contribution in [2.24, 2.45) is 0 Å². The van der Waals surface area contributed by atoms with Crippen LogP contribution in [0.1, 0.15) is 17.3 Å². The molecule has 0 atom stereocenters. The van der Waals surface area contributed by atoms with Crippen LogP contribution in [-0.2, 0) is 12.2 Å². The first-order valence-electron chi connectivity index (χ1n) is 7.84. The third-order valence-electron chi connectivity index (χ3n) is 3.52. The molecule has 0 bridgehead atoms. The summed E-state index contributed by atoms with van der Waals surface area (Å²) in [4.78, 5) is 4.40. The minimum Gasteiger partial charge on any atom is -0.416 e. The van der Waals surface area contributed by atoms with Gasteiger partial charge in [-0.05, 0) is 17.7 Å². The summed E-state index contributed by atoms with van der Waals surface area (Å²) in [6, 6.07) is 17.7. The molecule has 4 aromatic rings. The van der Waals surface area contributed by atoms with Crippen LogP contribution in [-0.4, -0.2) is 20.3 Å². The van der Waals surface area contributed by atoms with E-state index in [1.807, 2.05) is 54.6 Å². The Kier molecular flexibility index (Phi) is 5.12. The van der Waals surface area contributed by atoms with E-state index in [2.05, 4.69) is 36.3 Å². The second-order valence-electron chi connectivity index (χ2n) is 5.43. The Hall–Kier alpha value is -2.45. The number of benzene rings is 2. The average molecular weight is 429 g/mol. The van der Waals surface area contributed by atoms with Crippen LogP contribution in [0.5, 0.6) is 0 Å². The highest BCUT2D eigenvalue weighted by molar-refractivity contribution is 9.10. The van der Waals surface area contributed by atoms with Gasteiger partial charge in [0.15, 0.2) is 0 Å². The number of halogens is 1. The molecule has 130 valence electrons. The van der Waals surface area contributed by atoms with Gasteiger partial charge in [-0.25, -0.2) is 0 Å². The first-order valence-corrected chi connectivity index (χ1v) is 9.62. The van der Waals surface area contributed by atoms with Crippen LogP contribution in [0.2, 0.25) is 0 Å². The Morgan fingerprint density at radius 3 is 2.69 bits per heavy atom. The molecule has 0 fully saturated rings. The highest BCUT2D eigenvalue weighted by Crippen LogP contribution is 2.24. The van der Waals surface area contributed by atoms with Gasteiger partial charge < -0.3 is 8.94 Å². The predicted molar refractivity (Wildman–Crippen MR) is 101 cm³/mol. The molecule has 0 saturated carbocycles. The molecule has 4 rings (SSSR count). The quantitative estimate of drug-likeness (QED) is 0.409. The van der Waals surface area contributed by atoms with Gasteiger partial charge in [0.2, 0.25) is 17.6 Å². The van der Waals surface area contributed by atoms with E-state index < -0.39 is 0 Å². The third-order valence-corrected chi connectivity index (χ3v) is 4.81. The average Bonchev–Trinajstić information content (AvgIpc) is 3.30. The molecular weight excluding hydrogens is 416 g/mol. The van der Waals surface area contributed by atoms with Crippen LogP contribution in [0.4, 0.5) is 0 Å². The molecule has 0 radical (unpaired) electrons. The van der Waals surface area contributed by atoms with Crippen LogP contribution >= 0.6 is 27.7 Å². The fourth-order valence-corrected chi connectivity index (χ4v) is 3.34. The van der Waals surface area contributed by atoms with Gasteiger partial charge in [0.1, 0.15) is 0 Å². The van der Waals surface area contributed by atoms with Gasteiger partial charge in [0.25, 0.3) is 5.22 Å². The Balaban J connectivity index is 1.38. The second kappa shape index (κ2) is 7.84. The van der Waals surface area contributed by atoms with E-state index in [1.54, 1.807) is 0 Å². The summed E-state index contributed by atoms with van der Waals surface area (Å²) >= 11 is 4.81. The van der Waals surface area contributed by atoms with Crippen LogP contribution in [0, 0.1) is 0 Å². The summed E-state index contributed by atoms with van der Waals surface area (Å²) in [6.45, 7) is 0. The van der Waals surface area contributed by atoms with Crippen molar-refractivity contribution < 1.29 is 8.94 Å². The molecule has 0 aliphatic carbocycles. The van der Waals surface area contributed by atoms with Crippen LogP contribution in [0.15, 0.2) is 73.2 Å². The first kappa shape index (κ1) is 17.0. The largest absolute Gasteiger partial charge is 0.416 e. The maximum atomic E-state index is 5.66. The minimum absolute atomic E-state index is 0.466. The van der Waals surface area contributed by atoms with Gasteiger partial charge in [-0.1, -0.05) is 75.3 Å². The molecule has 2 aromatic heterocycles. The maximum Gasteiger partial charge on any atom is 0.277 e. The zero-order chi connectivity index (χ0) is 17.8. The van der Waals surface area contributed by atoms with Crippen molar-refractivity contribution in [2.75, 3.05) is 0 Å². The molecule has 0 spiro atoms. The van der Waals surface area contributed by atoms with Crippen LogP contribution < -0.4 is 0 Å². The number of aromatic nitrogens is 4. The van der Waals surface area contributed by atoms with Gasteiger partial charge in [0, 0.05) is 10.0 Å². The van der Waals surface area contributed by atoms with Crippen molar-refractivity contribution in [3.63, 3.8) is 0 Å². The van der Waals surface area contributed by atoms with Gasteiger partial charge in [-0.15, -0.1) is 10.2 Å². The molecule has 0 aliphatic rings. The third kappa shape index (κ3) is 4.20. The summed E-state index contributed by atoms with van der Waals surface area (Å²) in [5.41, 5.74) is 2.02. The van der Waals surface area contributed by atoms with E-state index in [1.165, 1.54) is 11.8 Å². The second-order valence-corrected chi connectivity index (χ2v) is 7.28. The molecule has 0 amide bonds. The molecule has 0 aliphatic heterocycles. The molecule has 0 unspecified atom stereocenters. The lowest BCUT2D eigenvalue weighted by Crippen LogP contribution is -1.87. The van der Waals surface area contributed by atoms with Crippen molar-refractivity contribution in [1.82, 2.24) is 20.3 Å². The lowest BCUT2D eigenvalue weighted by atomic mass is 10.2. The molecular formula is C18H13BrN4O2S. The van der Waals surface area contributed by atoms with E-state index >= 15 is 0 Å². The Morgan fingerprint density at radius 2 is 1.85 bits per heavy atom. The van der Waals surface area contributed by atoms with Crippen molar-refractivity contribution in [2.45, 2.75) is 17.4 Å². The molecule has 2 aromatic carbocycles. The highest BCUT2D eigenvalue weighted by Gasteiger charge is 2.12. The number of hydrogen-bond donors (Lipinski definition) is 0. The van der Waals surface area contributed by atoms with E-state index in [0.717, 1.165) is 15.6 Å². The van der Waals surface area contributed by atoms with Crippen LogP contribution in [0.3, 0.4) is 0 Å². The van der Waals surface area contributed by atoms with E-state index in [4.69, 9.17) is 8.94 Å². The topological polar surface area (TPSA) is 77.8 Å². The monoisotopic (exact) mass is 428 g/mol. The first-order chi connectivity index (χ1) is 12.8. The fourth-order valence-electron chi connectivity index (χ4n) is 2.32. The molecule has 0 saturated heterocycles. The summed E-state index contributed by atoms with van der Waals surface area (Å²) in [5, 5.41) is 12.6. The number of rotatable bonds is 6. The van der Waals surface area contributed by atoms with E-state index in [9.17, 15) is 0 Å². The van der Waals surface area contributed by atoms with Crippen molar-refractivity contribution in [3.05, 3.63) is 76.4 Å². The minimum atomic E-state index is 0.466. The molecule has 6 nitrogen and oxygen atoms in total. The zero-order valence-electron chi connectivity index (χ0n) is 13.5. The Labute approximate surface area is 162 Å². The number of thioether (sulfide) groups is 1. The van der Waals surface area contributed by atoms with Gasteiger partial charge in [-0.2, -0.15) is 4.98 Å². The number of hydrogen-bond acceptors (Lipinski definition) is 7. The van der Waals surface area contributed by atoms with Crippen LogP contribution in [0.25, 0.3) is 11.4 Å². The van der Waals surface area contributed by atoms with Crippen molar-refractivity contribution >= 4 is 27.7 Å². The van der Waals surface area contributed by atoms with Gasteiger partial charge in [0.05, 0.1) is 12.2 Å².